The second-order valence-corrected chi connectivity index (χ2v) is 6.44. The van der Waals surface area contributed by atoms with E-state index in [-0.39, 0.29) is 5.91 Å². The van der Waals surface area contributed by atoms with Crippen LogP contribution in [-0.4, -0.2) is 11.8 Å². The van der Waals surface area contributed by atoms with E-state index in [2.05, 4.69) is 10.6 Å². The Morgan fingerprint density at radius 2 is 1.76 bits per heavy atom. The second-order valence-electron chi connectivity index (χ2n) is 6.44. The Balaban J connectivity index is 2.00. The second kappa shape index (κ2) is 7.63. The standard InChI is InChI=1S/C20H21N3O2/c1-14-7-9-15(10-8-14)13-22-18(24)20(2,3)19(25)23-17-6-4-5-16(11-17)12-21/h4-11H,13H2,1-3H3,(H,22,24)(H,23,25). The van der Waals surface area contributed by atoms with Gasteiger partial charge in [0.25, 0.3) is 0 Å². The highest BCUT2D eigenvalue weighted by molar-refractivity contribution is 6.09. The van der Waals surface area contributed by atoms with Crippen molar-refractivity contribution in [3.63, 3.8) is 0 Å². The lowest BCUT2D eigenvalue weighted by molar-refractivity contribution is -0.138. The number of anilines is 1. The van der Waals surface area contributed by atoms with Crippen LogP contribution in [0.2, 0.25) is 0 Å². The van der Waals surface area contributed by atoms with Gasteiger partial charge in [-0.25, -0.2) is 0 Å². The van der Waals surface area contributed by atoms with Gasteiger partial charge in [0.2, 0.25) is 11.8 Å². The molecule has 0 aliphatic rings. The monoisotopic (exact) mass is 335 g/mol. The molecular weight excluding hydrogens is 314 g/mol. The van der Waals surface area contributed by atoms with Crippen LogP contribution in [0.3, 0.4) is 0 Å². The quantitative estimate of drug-likeness (QED) is 0.824. The van der Waals surface area contributed by atoms with Crippen molar-refractivity contribution in [1.82, 2.24) is 5.32 Å². The highest BCUT2D eigenvalue weighted by Gasteiger charge is 2.35. The van der Waals surface area contributed by atoms with Gasteiger partial charge in [-0.15, -0.1) is 0 Å². The Hall–Kier alpha value is -3.13. The van der Waals surface area contributed by atoms with E-state index in [0.717, 1.165) is 11.1 Å². The van der Waals surface area contributed by atoms with Crippen LogP contribution in [-0.2, 0) is 16.1 Å². The molecule has 25 heavy (non-hydrogen) atoms. The van der Waals surface area contributed by atoms with Gasteiger partial charge in [-0.3, -0.25) is 9.59 Å². The molecule has 0 bridgehead atoms. The van der Waals surface area contributed by atoms with Crippen LogP contribution in [0, 0.1) is 23.7 Å². The maximum absolute atomic E-state index is 12.5. The summed E-state index contributed by atoms with van der Waals surface area (Å²) in [6.45, 7) is 5.50. The van der Waals surface area contributed by atoms with Crippen LogP contribution in [0.5, 0.6) is 0 Å². The summed E-state index contributed by atoms with van der Waals surface area (Å²) in [5, 5.41) is 14.4. The van der Waals surface area contributed by atoms with Crippen LogP contribution in [0.25, 0.3) is 0 Å². The molecule has 2 aromatic rings. The van der Waals surface area contributed by atoms with Gasteiger partial charge in [0.15, 0.2) is 0 Å². The lowest BCUT2D eigenvalue weighted by Gasteiger charge is -2.23. The third-order valence-electron chi connectivity index (χ3n) is 3.96. The number of hydrogen-bond acceptors (Lipinski definition) is 3. The molecule has 2 amide bonds. The number of nitrogens with zero attached hydrogens (tertiary/aromatic N) is 1. The molecule has 2 N–H and O–H groups in total. The predicted octanol–water partition coefficient (Wildman–Crippen LogP) is 3.15. The smallest absolute Gasteiger partial charge is 0.239 e. The van der Waals surface area contributed by atoms with Gasteiger partial charge >= 0.3 is 0 Å². The third-order valence-corrected chi connectivity index (χ3v) is 3.96. The topological polar surface area (TPSA) is 82.0 Å². The molecule has 0 aromatic heterocycles. The van der Waals surface area contributed by atoms with Gasteiger partial charge in [-0.05, 0) is 44.5 Å². The zero-order chi connectivity index (χ0) is 18.4. The van der Waals surface area contributed by atoms with Crippen molar-refractivity contribution < 1.29 is 9.59 Å². The van der Waals surface area contributed by atoms with E-state index < -0.39 is 11.3 Å². The zero-order valence-corrected chi connectivity index (χ0v) is 14.6. The van der Waals surface area contributed by atoms with Crippen molar-refractivity contribution in [1.29, 1.82) is 5.26 Å². The normalized spacial score (nSPS) is 10.6. The van der Waals surface area contributed by atoms with Crippen molar-refractivity contribution in [3.8, 4) is 6.07 Å². The molecule has 2 aromatic carbocycles. The van der Waals surface area contributed by atoms with Crippen LogP contribution in [0.1, 0.15) is 30.5 Å². The Labute approximate surface area is 147 Å². The summed E-state index contributed by atoms with van der Waals surface area (Å²) in [5.74, 6) is -0.786. The number of hydrogen-bond donors (Lipinski definition) is 2. The van der Waals surface area contributed by atoms with E-state index in [1.54, 1.807) is 38.1 Å². The SMILES string of the molecule is Cc1ccc(CNC(=O)C(C)(C)C(=O)Nc2cccc(C#N)c2)cc1. The van der Waals surface area contributed by atoms with Gasteiger partial charge < -0.3 is 10.6 Å². The van der Waals surface area contributed by atoms with E-state index in [1.165, 1.54) is 0 Å². The zero-order valence-electron chi connectivity index (χ0n) is 14.6. The van der Waals surface area contributed by atoms with E-state index in [0.29, 0.717) is 17.8 Å². The fraction of sp³-hybridized carbons (Fsp3) is 0.250. The Morgan fingerprint density at radius 1 is 1.08 bits per heavy atom. The number of nitriles is 1. The van der Waals surface area contributed by atoms with E-state index in [4.69, 9.17) is 5.26 Å². The molecule has 0 heterocycles. The number of benzene rings is 2. The molecule has 5 heteroatoms. The van der Waals surface area contributed by atoms with Crippen LogP contribution >= 0.6 is 0 Å². The summed E-state index contributed by atoms with van der Waals surface area (Å²) in [6, 6.07) is 16.4. The summed E-state index contributed by atoms with van der Waals surface area (Å²) in [6.07, 6.45) is 0. The summed E-state index contributed by atoms with van der Waals surface area (Å²) in [7, 11) is 0. The van der Waals surface area contributed by atoms with Crippen molar-refractivity contribution in [3.05, 3.63) is 65.2 Å². The molecule has 0 atom stereocenters. The number of nitrogens with one attached hydrogen (secondary N) is 2. The summed E-state index contributed by atoms with van der Waals surface area (Å²) < 4.78 is 0. The highest BCUT2D eigenvalue weighted by Crippen LogP contribution is 2.20. The van der Waals surface area contributed by atoms with Crippen molar-refractivity contribution in [2.45, 2.75) is 27.3 Å². The minimum atomic E-state index is -1.24. The molecule has 0 saturated heterocycles. The van der Waals surface area contributed by atoms with Gasteiger partial charge in [0.05, 0.1) is 11.6 Å². The fourth-order valence-electron chi connectivity index (χ4n) is 2.17. The Kier molecular flexibility index (Phi) is 5.56. The first-order valence-corrected chi connectivity index (χ1v) is 7.98. The van der Waals surface area contributed by atoms with Crippen molar-refractivity contribution in [2.75, 3.05) is 5.32 Å². The van der Waals surface area contributed by atoms with E-state index in [9.17, 15) is 9.59 Å². The summed E-state index contributed by atoms with van der Waals surface area (Å²) in [4.78, 5) is 24.9. The van der Waals surface area contributed by atoms with Crippen LogP contribution in [0.15, 0.2) is 48.5 Å². The molecule has 128 valence electrons. The maximum Gasteiger partial charge on any atom is 0.239 e. The largest absolute Gasteiger partial charge is 0.351 e. The molecular formula is C20H21N3O2. The fourth-order valence-corrected chi connectivity index (χ4v) is 2.17. The third kappa shape index (κ3) is 4.67. The number of carbonyl (C=O) groups excluding carboxylic acids is 2. The maximum atomic E-state index is 12.5. The molecule has 0 spiro atoms. The average molecular weight is 335 g/mol. The number of amides is 2. The lowest BCUT2D eigenvalue weighted by Crippen LogP contribution is -2.44. The molecule has 0 aliphatic carbocycles. The molecule has 5 nitrogen and oxygen atoms in total. The molecule has 0 fully saturated rings. The lowest BCUT2D eigenvalue weighted by atomic mass is 9.90. The number of rotatable bonds is 5. The van der Waals surface area contributed by atoms with Gasteiger partial charge in [0.1, 0.15) is 5.41 Å². The van der Waals surface area contributed by atoms with Crippen molar-refractivity contribution in [2.24, 2.45) is 5.41 Å². The molecule has 0 aliphatic heterocycles. The Bertz CT molecular complexity index is 818. The van der Waals surface area contributed by atoms with Crippen LogP contribution in [0.4, 0.5) is 5.69 Å². The van der Waals surface area contributed by atoms with E-state index in [1.807, 2.05) is 37.3 Å². The Morgan fingerprint density at radius 3 is 2.40 bits per heavy atom. The predicted molar refractivity (Wildman–Crippen MR) is 96.6 cm³/mol. The number of aryl methyl sites for hydroxylation is 1. The minimum Gasteiger partial charge on any atom is -0.351 e. The molecule has 0 radical (unpaired) electrons. The molecule has 0 saturated carbocycles. The summed E-state index contributed by atoms with van der Waals surface area (Å²) >= 11 is 0. The van der Waals surface area contributed by atoms with Gasteiger partial charge in [-0.2, -0.15) is 5.26 Å². The van der Waals surface area contributed by atoms with Gasteiger partial charge in [-0.1, -0.05) is 35.9 Å². The first-order valence-electron chi connectivity index (χ1n) is 7.98. The first kappa shape index (κ1) is 18.2. The first-order chi connectivity index (χ1) is 11.8. The minimum absolute atomic E-state index is 0.359. The number of carbonyl (C=O) groups is 2. The molecule has 0 unspecified atom stereocenters. The summed E-state index contributed by atoms with van der Waals surface area (Å²) in [5.41, 5.74) is 1.81. The average Bonchev–Trinajstić information content (AvgIpc) is 2.61. The van der Waals surface area contributed by atoms with Crippen molar-refractivity contribution >= 4 is 17.5 Å². The van der Waals surface area contributed by atoms with E-state index >= 15 is 0 Å². The van der Waals surface area contributed by atoms with Gasteiger partial charge in [0, 0.05) is 12.2 Å². The molecule has 2 rings (SSSR count). The highest BCUT2D eigenvalue weighted by atomic mass is 16.2. The van der Waals surface area contributed by atoms with Crippen LogP contribution < -0.4 is 10.6 Å².